The minimum atomic E-state index is -0.175. The lowest BCUT2D eigenvalue weighted by Crippen LogP contribution is -2.49. The zero-order valence-electron chi connectivity index (χ0n) is 9.51. The van der Waals surface area contributed by atoms with Gasteiger partial charge in [-0.05, 0) is 19.8 Å². The van der Waals surface area contributed by atoms with Gasteiger partial charge in [-0.25, -0.2) is 0 Å². The number of halogens is 1. The Hall–Kier alpha value is -0.150. The maximum absolute atomic E-state index is 12.0. The van der Waals surface area contributed by atoms with Crippen LogP contribution in [0.1, 0.15) is 26.7 Å². The molecule has 0 spiro atoms. The highest BCUT2D eigenvalue weighted by atomic mass is 19.1. The number of piperazine rings is 1. The third-order valence-corrected chi connectivity index (χ3v) is 3.23. The van der Waals surface area contributed by atoms with Gasteiger partial charge in [0.15, 0.2) is 0 Å². The molecule has 3 heteroatoms. The summed E-state index contributed by atoms with van der Waals surface area (Å²) < 4.78 is 12.0. The van der Waals surface area contributed by atoms with Crippen molar-refractivity contribution in [2.75, 3.05) is 39.4 Å². The largest absolute Gasteiger partial charge is 0.301 e. The SMILES string of the molecule is CCC(C)N1CCN(CCCF)CC1. The summed E-state index contributed by atoms with van der Waals surface area (Å²) in [4.78, 5) is 4.91. The Balaban J connectivity index is 2.17. The van der Waals surface area contributed by atoms with Crippen molar-refractivity contribution in [2.45, 2.75) is 32.7 Å². The molecule has 14 heavy (non-hydrogen) atoms. The second kappa shape index (κ2) is 6.36. The lowest BCUT2D eigenvalue weighted by Gasteiger charge is -2.37. The van der Waals surface area contributed by atoms with Crippen molar-refractivity contribution in [1.82, 2.24) is 9.80 Å². The van der Waals surface area contributed by atoms with E-state index in [-0.39, 0.29) is 6.67 Å². The molecule has 1 fully saturated rings. The van der Waals surface area contributed by atoms with Crippen LogP contribution in [0.2, 0.25) is 0 Å². The van der Waals surface area contributed by atoms with E-state index >= 15 is 0 Å². The van der Waals surface area contributed by atoms with Gasteiger partial charge >= 0.3 is 0 Å². The first kappa shape index (κ1) is 11.9. The topological polar surface area (TPSA) is 6.48 Å². The molecule has 0 bridgehead atoms. The standard InChI is InChI=1S/C11H23FN2/c1-3-11(2)14-9-7-13(8-10-14)6-4-5-12/h11H,3-10H2,1-2H3. The van der Waals surface area contributed by atoms with Gasteiger partial charge in [-0.2, -0.15) is 0 Å². The first-order valence-electron chi connectivity index (χ1n) is 5.80. The van der Waals surface area contributed by atoms with Crippen LogP contribution in [0, 0.1) is 0 Å². The summed E-state index contributed by atoms with van der Waals surface area (Å²) in [6.07, 6.45) is 1.92. The summed E-state index contributed by atoms with van der Waals surface area (Å²) in [5.41, 5.74) is 0. The minimum absolute atomic E-state index is 0.175. The average Bonchev–Trinajstić information content (AvgIpc) is 2.26. The van der Waals surface area contributed by atoms with Gasteiger partial charge in [-0.3, -0.25) is 9.29 Å². The Morgan fingerprint density at radius 3 is 2.36 bits per heavy atom. The summed E-state index contributed by atoms with van der Waals surface area (Å²) in [5.74, 6) is 0. The quantitative estimate of drug-likeness (QED) is 0.670. The molecule has 0 aromatic rings. The van der Waals surface area contributed by atoms with Crippen molar-refractivity contribution < 1.29 is 4.39 Å². The number of hydrogen-bond donors (Lipinski definition) is 0. The second-order valence-electron chi connectivity index (χ2n) is 4.18. The van der Waals surface area contributed by atoms with E-state index in [1.165, 1.54) is 6.42 Å². The highest BCUT2D eigenvalue weighted by Gasteiger charge is 2.19. The summed E-state index contributed by atoms with van der Waals surface area (Å²) in [7, 11) is 0. The Morgan fingerprint density at radius 1 is 1.21 bits per heavy atom. The van der Waals surface area contributed by atoms with Crippen molar-refractivity contribution in [1.29, 1.82) is 0 Å². The summed E-state index contributed by atoms with van der Waals surface area (Å²) in [5, 5.41) is 0. The maximum atomic E-state index is 12.0. The number of hydrogen-bond acceptors (Lipinski definition) is 2. The lowest BCUT2D eigenvalue weighted by molar-refractivity contribution is 0.0986. The van der Waals surface area contributed by atoms with E-state index in [0.29, 0.717) is 12.5 Å². The molecule has 0 amide bonds. The molecule has 0 N–H and O–H groups in total. The van der Waals surface area contributed by atoms with Crippen molar-refractivity contribution in [3.63, 3.8) is 0 Å². The molecule has 1 saturated heterocycles. The Morgan fingerprint density at radius 2 is 1.86 bits per heavy atom. The number of nitrogens with zero attached hydrogens (tertiary/aromatic N) is 2. The molecule has 1 rings (SSSR count). The molecule has 0 aromatic carbocycles. The average molecular weight is 202 g/mol. The fraction of sp³-hybridized carbons (Fsp3) is 1.00. The van der Waals surface area contributed by atoms with Crippen molar-refractivity contribution in [3.8, 4) is 0 Å². The van der Waals surface area contributed by atoms with Crippen LogP contribution in [0.3, 0.4) is 0 Å². The van der Waals surface area contributed by atoms with E-state index in [1.807, 2.05) is 0 Å². The van der Waals surface area contributed by atoms with Crippen LogP contribution >= 0.6 is 0 Å². The number of rotatable bonds is 5. The molecule has 1 aliphatic heterocycles. The highest BCUT2D eigenvalue weighted by molar-refractivity contribution is 4.75. The van der Waals surface area contributed by atoms with Crippen LogP contribution in [-0.4, -0.2) is 55.2 Å². The van der Waals surface area contributed by atoms with Gasteiger partial charge in [0.1, 0.15) is 0 Å². The number of alkyl halides is 1. The highest BCUT2D eigenvalue weighted by Crippen LogP contribution is 2.08. The molecule has 0 saturated carbocycles. The van der Waals surface area contributed by atoms with Crippen molar-refractivity contribution in [2.24, 2.45) is 0 Å². The summed E-state index contributed by atoms with van der Waals surface area (Å²) in [6, 6.07) is 0.707. The predicted octanol–water partition coefficient (Wildman–Crippen LogP) is 1.76. The molecular weight excluding hydrogens is 179 g/mol. The fourth-order valence-electron chi connectivity index (χ4n) is 1.97. The Labute approximate surface area is 87.1 Å². The minimum Gasteiger partial charge on any atom is -0.301 e. The fourth-order valence-corrected chi connectivity index (χ4v) is 1.97. The molecule has 1 unspecified atom stereocenters. The Kier molecular flexibility index (Phi) is 5.41. The zero-order chi connectivity index (χ0) is 10.4. The van der Waals surface area contributed by atoms with Crippen molar-refractivity contribution >= 4 is 0 Å². The smallest absolute Gasteiger partial charge is 0.0906 e. The molecule has 1 aliphatic rings. The second-order valence-corrected chi connectivity index (χ2v) is 4.18. The molecule has 1 heterocycles. The lowest BCUT2D eigenvalue weighted by atomic mass is 10.2. The van der Waals surface area contributed by atoms with Crippen LogP contribution in [0.25, 0.3) is 0 Å². The van der Waals surface area contributed by atoms with E-state index in [1.54, 1.807) is 0 Å². The monoisotopic (exact) mass is 202 g/mol. The maximum Gasteiger partial charge on any atom is 0.0906 e. The van der Waals surface area contributed by atoms with Gasteiger partial charge in [0.25, 0.3) is 0 Å². The predicted molar refractivity (Wildman–Crippen MR) is 58.4 cm³/mol. The zero-order valence-corrected chi connectivity index (χ0v) is 9.51. The van der Waals surface area contributed by atoms with Gasteiger partial charge < -0.3 is 4.90 Å². The van der Waals surface area contributed by atoms with E-state index < -0.39 is 0 Å². The van der Waals surface area contributed by atoms with Crippen LogP contribution < -0.4 is 0 Å². The van der Waals surface area contributed by atoms with Crippen LogP contribution in [0.5, 0.6) is 0 Å². The van der Waals surface area contributed by atoms with E-state index in [9.17, 15) is 4.39 Å². The van der Waals surface area contributed by atoms with E-state index in [2.05, 4.69) is 23.6 Å². The molecule has 1 atom stereocenters. The summed E-state index contributed by atoms with van der Waals surface area (Å²) >= 11 is 0. The van der Waals surface area contributed by atoms with Crippen LogP contribution in [0.15, 0.2) is 0 Å². The molecule has 84 valence electrons. The first-order chi connectivity index (χ1) is 6.77. The molecule has 0 radical (unpaired) electrons. The normalized spacial score (nSPS) is 22.5. The Bertz CT molecular complexity index is 144. The van der Waals surface area contributed by atoms with E-state index in [4.69, 9.17) is 0 Å². The van der Waals surface area contributed by atoms with E-state index in [0.717, 1.165) is 32.7 Å². The van der Waals surface area contributed by atoms with Crippen LogP contribution in [-0.2, 0) is 0 Å². The molecule has 0 aliphatic carbocycles. The van der Waals surface area contributed by atoms with Gasteiger partial charge in [0.2, 0.25) is 0 Å². The van der Waals surface area contributed by atoms with Gasteiger partial charge in [-0.15, -0.1) is 0 Å². The van der Waals surface area contributed by atoms with Crippen LogP contribution in [0.4, 0.5) is 4.39 Å². The van der Waals surface area contributed by atoms with Crippen molar-refractivity contribution in [3.05, 3.63) is 0 Å². The van der Waals surface area contributed by atoms with Gasteiger partial charge in [0, 0.05) is 38.8 Å². The summed E-state index contributed by atoms with van der Waals surface area (Å²) in [6.45, 7) is 9.82. The first-order valence-corrected chi connectivity index (χ1v) is 5.80. The molecule has 2 nitrogen and oxygen atoms in total. The third kappa shape index (κ3) is 3.54. The van der Waals surface area contributed by atoms with Gasteiger partial charge in [-0.1, -0.05) is 6.92 Å². The molecular formula is C11H23FN2. The molecule has 0 aromatic heterocycles. The third-order valence-electron chi connectivity index (χ3n) is 3.23. The van der Waals surface area contributed by atoms with Gasteiger partial charge in [0.05, 0.1) is 6.67 Å².